The Morgan fingerprint density at radius 2 is 2.00 bits per heavy atom. The van der Waals surface area contributed by atoms with Crippen LogP contribution in [0.4, 0.5) is 13.2 Å². The second-order valence-corrected chi connectivity index (χ2v) is 4.55. The first-order chi connectivity index (χ1) is 9.41. The Labute approximate surface area is 118 Å². The average Bonchev–Trinajstić information content (AvgIpc) is 2.37. The van der Waals surface area contributed by atoms with Crippen LogP contribution in [-0.4, -0.2) is 15.0 Å². The second-order valence-electron chi connectivity index (χ2n) is 4.16. The lowest BCUT2D eigenvalue weighted by molar-refractivity contribution is -0.137. The number of aromatic nitrogens is 3. The molecule has 0 fully saturated rings. The fourth-order valence-electron chi connectivity index (χ4n) is 1.78. The third-order valence-corrected chi connectivity index (χ3v) is 2.81. The summed E-state index contributed by atoms with van der Waals surface area (Å²) in [6, 6.07) is 2.23. The fraction of sp³-hybridized carbons (Fsp3) is 0.308. The largest absolute Gasteiger partial charge is 0.417 e. The summed E-state index contributed by atoms with van der Waals surface area (Å²) in [5.41, 5.74) is -0.750. The molecule has 2 aromatic heterocycles. The Kier molecular flexibility index (Phi) is 4.23. The summed E-state index contributed by atoms with van der Waals surface area (Å²) in [7, 11) is 0. The first-order valence-electron chi connectivity index (χ1n) is 5.97. The molecule has 2 heterocycles. The van der Waals surface area contributed by atoms with Crippen LogP contribution in [-0.2, 0) is 12.6 Å². The van der Waals surface area contributed by atoms with E-state index in [1.165, 1.54) is 6.07 Å². The number of hydrogen-bond donors (Lipinski definition) is 0. The number of aryl methyl sites for hydroxylation is 1. The highest BCUT2D eigenvalue weighted by atomic mass is 35.5. The first-order valence-corrected chi connectivity index (χ1v) is 6.34. The van der Waals surface area contributed by atoms with Gasteiger partial charge in [0.25, 0.3) is 0 Å². The highest BCUT2D eigenvalue weighted by Gasteiger charge is 2.34. The van der Waals surface area contributed by atoms with Gasteiger partial charge >= 0.3 is 6.18 Å². The minimum atomic E-state index is -4.47. The molecule has 0 radical (unpaired) electrons. The minimum absolute atomic E-state index is 0.0957. The van der Waals surface area contributed by atoms with Crippen molar-refractivity contribution in [2.24, 2.45) is 0 Å². The van der Waals surface area contributed by atoms with Crippen LogP contribution in [0, 0.1) is 0 Å². The molecule has 0 aliphatic heterocycles. The number of nitrogens with zero attached hydrogens (tertiary/aromatic N) is 3. The summed E-state index contributed by atoms with van der Waals surface area (Å²) in [6.45, 7) is 1.93. The predicted molar refractivity (Wildman–Crippen MR) is 69.3 cm³/mol. The molecule has 0 amide bonds. The van der Waals surface area contributed by atoms with E-state index in [1.807, 2.05) is 6.92 Å². The second kappa shape index (κ2) is 5.75. The van der Waals surface area contributed by atoms with E-state index in [1.54, 1.807) is 0 Å². The molecule has 0 N–H and O–H groups in total. The molecule has 0 saturated heterocycles. The molecule has 7 heteroatoms. The topological polar surface area (TPSA) is 38.7 Å². The zero-order valence-electron chi connectivity index (χ0n) is 10.6. The number of hydrogen-bond acceptors (Lipinski definition) is 3. The molecular weight excluding hydrogens is 291 g/mol. The first kappa shape index (κ1) is 14.7. The van der Waals surface area contributed by atoms with Gasteiger partial charge in [0.1, 0.15) is 11.0 Å². The molecule has 106 valence electrons. The lowest BCUT2D eigenvalue weighted by Crippen LogP contribution is -2.08. The van der Waals surface area contributed by atoms with Crippen molar-refractivity contribution >= 4 is 11.6 Å². The van der Waals surface area contributed by atoms with Gasteiger partial charge in [-0.2, -0.15) is 13.2 Å². The highest BCUT2D eigenvalue weighted by molar-refractivity contribution is 6.29. The molecule has 0 spiro atoms. The quantitative estimate of drug-likeness (QED) is 0.799. The normalized spacial score (nSPS) is 11.7. The van der Waals surface area contributed by atoms with Crippen LogP contribution < -0.4 is 0 Å². The third kappa shape index (κ3) is 3.25. The van der Waals surface area contributed by atoms with E-state index < -0.39 is 11.7 Å². The summed E-state index contributed by atoms with van der Waals surface area (Å²) in [6.07, 6.45) is -0.909. The molecular formula is C13H11ClF3N3. The molecule has 0 unspecified atom stereocenters. The standard InChI is InChI=1S/C13H11ClF3N3/c1-2-3-12-19-10(6-11(14)20-12)8-7-18-5-4-9(8)13(15,16)17/h4-7H,2-3H2,1H3. The van der Waals surface area contributed by atoms with Gasteiger partial charge in [0.05, 0.1) is 11.3 Å². The maximum atomic E-state index is 13.0. The van der Waals surface area contributed by atoms with Gasteiger partial charge in [0.2, 0.25) is 0 Å². The number of rotatable bonds is 3. The van der Waals surface area contributed by atoms with E-state index in [9.17, 15) is 13.2 Å². The smallest absolute Gasteiger partial charge is 0.264 e. The van der Waals surface area contributed by atoms with Crippen LogP contribution in [0.5, 0.6) is 0 Å². The van der Waals surface area contributed by atoms with E-state index in [0.29, 0.717) is 12.2 Å². The Hall–Kier alpha value is -1.69. The summed E-state index contributed by atoms with van der Waals surface area (Å²) in [5.74, 6) is 0.423. The van der Waals surface area contributed by atoms with Gasteiger partial charge < -0.3 is 0 Å². The molecule has 3 nitrogen and oxygen atoms in total. The Morgan fingerprint density at radius 1 is 1.25 bits per heavy atom. The number of pyridine rings is 1. The van der Waals surface area contributed by atoms with Crippen molar-refractivity contribution in [2.75, 3.05) is 0 Å². The predicted octanol–water partition coefficient (Wildman–Crippen LogP) is 4.16. The monoisotopic (exact) mass is 301 g/mol. The molecule has 0 aliphatic carbocycles. The third-order valence-electron chi connectivity index (χ3n) is 2.62. The molecule has 20 heavy (non-hydrogen) atoms. The maximum absolute atomic E-state index is 13.0. The summed E-state index contributed by atoms with van der Waals surface area (Å²) in [5, 5.41) is 0.121. The van der Waals surface area contributed by atoms with Crippen molar-refractivity contribution in [3.63, 3.8) is 0 Å². The fourth-order valence-corrected chi connectivity index (χ4v) is 1.98. The lowest BCUT2D eigenvalue weighted by Gasteiger charge is -2.12. The molecule has 2 aromatic rings. The SMILES string of the molecule is CCCc1nc(Cl)cc(-c2cnccc2C(F)(F)F)n1. The molecule has 2 rings (SSSR count). The van der Waals surface area contributed by atoms with Gasteiger partial charge in [-0.3, -0.25) is 4.98 Å². The van der Waals surface area contributed by atoms with E-state index in [0.717, 1.165) is 24.9 Å². The van der Waals surface area contributed by atoms with Crippen molar-refractivity contribution in [1.82, 2.24) is 15.0 Å². The summed E-state index contributed by atoms with van der Waals surface area (Å²) >= 11 is 5.85. The zero-order chi connectivity index (χ0) is 14.8. The van der Waals surface area contributed by atoms with Crippen molar-refractivity contribution < 1.29 is 13.2 Å². The van der Waals surface area contributed by atoms with Crippen molar-refractivity contribution in [3.05, 3.63) is 41.1 Å². The van der Waals surface area contributed by atoms with Crippen molar-refractivity contribution in [2.45, 2.75) is 25.9 Å². The van der Waals surface area contributed by atoms with Crippen LogP contribution in [0.1, 0.15) is 24.7 Å². The van der Waals surface area contributed by atoms with Gasteiger partial charge in [-0.1, -0.05) is 18.5 Å². The van der Waals surface area contributed by atoms with Crippen LogP contribution >= 0.6 is 11.6 Å². The van der Waals surface area contributed by atoms with Gasteiger partial charge in [0.15, 0.2) is 0 Å². The zero-order valence-corrected chi connectivity index (χ0v) is 11.3. The molecule has 0 saturated carbocycles. The molecule has 0 bridgehead atoms. The van der Waals surface area contributed by atoms with Gasteiger partial charge in [0, 0.05) is 30.4 Å². The molecule has 0 atom stereocenters. The molecule has 0 aromatic carbocycles. The average molecular weight is 302 g/mol. The Balaban J connectivity index is 2.57. The van der Waals surface area contributed by atoms with Crippen LogP contribution in [0.2, 0.25) is 5.15 Å². The highest BCUT2D eigenvalue weighted by Crippen LogP contribution is 2.36. The lowest BCUT2D eigenvalue weighted by atomic mass is 10.1. The van der Waals surface area contributed by atoms with E-state index in [4.69, 9.17) is 11.6 Å². The van der Waals surface area contributed by atoms with Crippen molar-refractivity contribution in [3.8, 4) is 11.3 Å². The number of halogens is 4. The van der Waals surface area contributed by atoms with E-state index in [-0.39, 0.29) is 16.4 Å². The van der Waals surface area contributed by atoms with Gasteiger partial charge in [-0.25, -0.2) is 9.97 Å². The van der Waals surface area contributed by atoms with Crippen LogP contribution in [0.25, 0.3) is 11.3 Å². The Morgan fingerprint density at radius 3 is 2.65 bits per heavy atom. The van der Waals surface area contributed by atoms with Crippen molar-refractivity contribution in [1.29, 1.82) is 0 Å². The summed E-state index contributed by atoms with van der Waals surface area (Å²) < 4.78 is 38.9. The van der Waals surface area contributed by atoms with E-state index in [2.05, 4.69) is 15.0 Å². The van der Waals surface area contributed by atoms with Crippen LogP contribution in [0.15, 0.2) is 24.5 Å². The van der Waals surface area contributed by atoms with Gasteiger partial charge in [-0.15, -0.1) is 0 Å². The minimum Gasteiger partial charge on any atom is -0.264 e. The van der Waals surface area contributed by atoms with Gasteiger partial charge in [-0.05, 0) is 12.5 Å². The Bertz CT molecular complexity index is 614. The van der Waals surface area contributed by atoms with Crippen LogP contribution in [0.3, 0.4) is 0 Å². The van der Waals surface area contributed by atoms with E-state index >= 15 is 0 Å². The molecule has 0 aliphatic rings. The maximum Gasteiger partial charge on any atom is 0.417 e. The summed E-state index contributed by atoms with van der Waals surface area (Å²) in [4.78, 5) is 11.9. The number of alkyl halides is 3.